The van der Waals surface area contributed by atoms with Gasteiger partial charge in [0.15, 0.2) is 0 Å². The van der Waals surface area contributed by atoms with Crippen LogP contribution in [0.3, 0.4) is 0 Å². The number of benzene rings is 4. The maximum absolute atomic E-state index is 16.5. The number of carbonyl (C=O) groups excluding carboxylic acids is 3. The van der Waals surface area contributed by atoms with Crippen molar-refractivity contribution in [2.45, 2.75) is 90.4 Å². The molecule has 12 heteroatoms. The molecule has 0 bridgehead atoms. The number of aromatic amines is 1. The van der Waals surface area contributed by atoms with Crippen LogP contribution < -0.4 is 5.32 Å². The van der Waals surface area contributed by atoms with Gasteiger partial charge in [-0.05, 0) is 98.5 Å². The number of halogens is 1. The summed E-state index contributed by atoms with van der Waals surface area (Å²) in [5.74, 6) is 0.159. The molecular weight excluding hydrogens is 700 g/mol. The molecule has 4 heterocycles. The minimum Gasteiger partial charge on any atom is -0.453 e. The van der Waals surface area contributed by atoms with Gasteiger partial charge in [0.2, 0.25) is 5.91 Å². The fourth-order valence-corrected chi connectivity index (χ4v) is 8.49. The first kappa shape index (κ1) is 36.5. The van der Waals surface area contributed by atoms with Gasteiger partial charge in [-0.25, -0.2) is 19.0 Å². The zero-order chi connectivity index (χ0) is 38.8. The number of rotatable bonds is 6. The zero-order valence-corrected chi connectivity index (χ0v) is 32.2. The molecule has 0 saturated carbocycles. The lowest BCUT2D eigenvalue weighted by molar-refractivity contribution is -0.134. The molecule has 11 nitrogen and oxygen atoms in total. The van der Waals surface area contributed by atoms with Gasteiger partial charge in [-0.3, -0.25) is 14.7 Å². The molecule has 286 valence electrons. The Balaban J connectivity index is 1.05. The fourth-order valence-electron chi connectivity index (χ4n) is 8.49. The van der Waals surface area contributed by atoms with E-state index in [0.717, 1.165) is 81.2 Å². The third-order valence-electron chi connectivity index (χ3n) is 11.1. The van der Waals surface area contributed by atoms with Gasteiger partial charge in [-0.15, -0.1) is 0 Å². The largest absolute Gasteiger partial charge is 0.453 e. The average Bonchev–Trinajstić information content (AvgIpc) is 3.97. The van der Waals surface area contributed by atoms with E-state index in [0.29, 0.717) is 30.5 Å². The monoisotopic (exact) mass is 746 g/mol. The summed E-state index contributed by atoms with van der Waals surface area (Å²) in [6, 6.07) is 16.3. The van der Waals surface area contributed by atoms with Crippen LogP contribution in [0.2, 0.25) is 0 Å². The van der Waals surface area contributed by atoms with Crippen molar-refractivity contribution >= 4 is 62.1 Å². The SMILES string of the molecule is COC(=O)N[C@H](C(=O)N1CCC[C@H]1C1=Nc2ccc3c(F)c(-c4ccc5c(ccc6[nH]c([C@@H]7CCCN7C(=O)OC(C)(C)C)nc65)c4)ccc3c2C1)C(C)C. The molecule has 2 saturated heterocycles. The van der Waals surface area contributed by atoms with E-state index < -0.39 is 17.7 Å². The lowest BCUT2D eigenvalue weighted by atomic mass is 9.93. The number of likely N-dealkylation sites (tertiary alicyclic amines) is 2. The van der Waals surface area contributed by atoms with Gasteiger partial charge in [-0.1, -0.05) is 44.2 Å². The van der Waals surface area contributed by atoms with Crippen molar-refractivity contribution in [3.63, 3.8) is 0 Å². The van der Waals surface area contributed by atoms with Crippen LogP contribution in [-0.4, -0.2) is 81.5 Å². The summed E-state index contributed by atoms with van der Waals surface area (Å²) in [7, 11) is 1.28. The number of aromatic nitrogens is 2. The Morgan fingerprint density at radius 1 is 0.927 bits per heavy atom. The van der Waals surface area contributed by atoms with E-state index in [1.165, 1.54) is 7.11 Å². The highest BCUT2D eigenvalue weighted by Gasteiger charge is 2.39. The number of H-pyrrole nitrogens is 1. The molecule has 2 fully saturated rings. The standard InChI is InChI=1S/C43H47FN6O5/c1-23(2)37(48-41(52)54-6)40(51)49-19-7-9-34(49)33-22-30-28-15-14-26(36(44)29(28)16-18-31(30)45-33)24-11-13-27-25(21-24)12-17-32-38(27)47-39(46-32)35-10-8-20-50(35)42(53)55-43(3,4)5/h11-18,21,23,34-35,37H,7-10,19-20,22H2,1-6H3,(H,46,47)(H,48,52)/t34-,35-,37-/m0/s1. The first-order chi connectivity index (χ1) is 26.3. The molecule has 0 aliphatic carbocycles. The lowest BCUT2D eigenvalue weighted by Crippen LogP contribution is -2.53. The van der Waals surface area contributed by atoms with Crippen molar-refractivity contribution < 1.29 is 28.2 Å². The minimum absolute atomic E-state index is 0.126. The molecular formula is C43H47FN6O5. The van der Waals surface area contributed by atoms with Crippen molar-refractivity contribution in [2.75, 3.05) is 20.2 Å². The molecule has 1 aromatic heterocycles. The van der Waals surface area contributed by atoms with Gasteiger partial charge in [0, 0.05) is 41.6 Å². The van der Waals surface area contributed by atoms with Gasteiger partial charge in [0.1, 0.15) is 23.3 Å². The molecule has 5 aromatic rings. The highest BCUT2D eigenvalue weighted by atomic mass is 19.1. The Kier molecular flexibility index (Phi) is 9.25. The lowest BCUT2D eigenvalue weighted by Gasteiger charge is -2.30. The van der Waals surface area contributed by atoms with E-state index in [-0.39, 0.29) is 35.8 Å². The Labute approximate surface area is 319 Å². The van der Waals surface area contributed by atoms with Crippen LogP contribution in [0.15, 0.2) is 59.6 Å². The normalized spacial score (nSPS) is 19.0. The molecule has 0 unspecified atom stereocenters. The first-order valence-corrected chi connectivity index (χ1v) is 19.2. The molecule has 0 spiro atoms. The number of amides is 3. The number of nitrogens with zero attached hydrogens (tertiary/aromatic N) is 4. The van der Waals surface area contributed by atoms with E-state index in [1.807, 2.05) is 88.0 Å². The van der Waals surface area contributed by atoms with Gasteiger partial charge in [-0.2, -0.15) is 0 Å². The highest BCUT2D eigenvalue weighted by molar-refractivity contribution is 6.08. The molecule has 0 radical (unpaired) electrons. The quantitative estimate of drug-likeness (QED) is 0.179. The summed E-state index contributed by atoms with van der Waals surface area (Å²) in [5, 5.41) is 5.90. The van der Waals surface area contributed by atoms with E-state index >= 15 is 4.39 Å². The molecule has 3 amide bonds. The van der Waals surface area contributed by atoms with Crippen molar-refractivity contribution in [1.82, 2.24) is 25.1 Å². The smallest absolute Gasteiger partial charge is 0.410 e. The Morgan fingerprint density at radius 3 is 2.40 bits per heavy atom. The van der Waals surface area contributed by atoms with Crippen molar-refractivity contribution in [3.8, 4) is 11.1 Å². The van der Waals surface area contributed by atoms with Crippen LogP contribution >= 0.6 is 0 Å². The average molecular weight is 747 g/mol. The van der Waals surface area contributed by atoms with Gasteiger partial charge >= 0.3 is 12.2 Å². The van der Waals surface area contributed by atoms with Crippen LogP contribution in [0.5, 0.6) is 0 Å². The van der Waals surface area contributed by atoms with Crippen LogP contribution in [0.25, 0.3) is 43.7 Å². The number of imidazole rings is 1. The molecule has 2 N–H and O–H groups in total. The Bertz CT molecular complexity index is 2400. The number of carbonyl (C=O) groups is 3. The van der Waals surface area contributed by atoms with E-state index in [4.69, 9.17) is 19.5 Å². The van der Waals surface area contributed by atoms with Gasteiger partial charge < -0.3 is 24.7 Å². The Morgan fingerprint density at radius 2 is 1.65 bits per heavy atom. The topological polar surface area (TPSA) is 129 Å². The molecule has 3 aliphatic rings. The number of methoxy groups -OCH3 is 1. The van der Waals surface area contributed by atoms with Gasteiger partial charge in [0.05, 0.1) is 35.9 Å². The third kappa shape index (κ3) is 6.65. The fraction of sp³-hybridized carbons (Fsp3) is 0.419. The maximum Gasteiger partial charge on any atom is 0.410 e. The first-order valence-electron chi connectivity index (χ1n) is 19.2. The summed E-state index contributed by atoms with van der Waals surface area (Å²) in [6.45, 7) is 10.6. The molecule has 8 rings (SSSR count). The summed E-state index contributed by atoms with van der Waals surface area (Å²) in [4.78, 5) is 55.7. The zero-order valence-electron chi connectivity index (χ0n) is 32.2. The van der Waals surface area contributed by atoms with Gasteiger partial charge in [0.25, 0.3) is 0 Å². The second-order valence-electron chi connectivity index (χ2n) is 16.3. The highest BCUT2D eigenvalue weighted by Crippen LogP contribution is 2.41. The molecule has 3 aliphatic heterocycles. The third-order valence-corrected chi connectivity index (χ3v) is 11.1. The summed E-state index contributed by atoms with van der Waals surface area (Å²) >= 11 is 0. The van der Waals surface area contributed by atoms with E-state index in [2.05, 4.69) is 10.3 Å². The number of hydrogen-bond donors (Lipinski definition) is 2. The predicted molar refractivity (Wildman–Crippen MR) is 211 cm³/mol. The van der Waals surface area contributed by atoms with Crippen molar-refractivity contribution in [2.24, 2.45) is 10.9 Å². The Hall–Kier alpha value is -5.52. The summed E-state index contributed by atoms with van der Waals surface area (Å²) < 4.78 is 27.0. The molecule has 55 heavy (non-hydrogen) atoms. The number of alkyl carbamates (subject to hydrolysis) is 1. The van der Waals surface area contributed by atoms with Crippen LogP contribution in [0.1, 0.15) is 77.7 Å². The minimum atomic E-state index is -0.711. The van der Waals surface area contributed by atoms with Crippen LogP contribution in [-0.2, 0) is 20.7 Å². The number of hydrogen-bond acceptors (Lipinski definition) is 7. The summed E-state index contributed by atoms with van der Waals surface area (Å²) in [6.07, 6.45) is 2.82. The van der Waals surface area contributed by atoms with Crippen LogP contribution in [0, 0.1) is 11.7 Å². The second kappa shape index (κ2) is 14.0. The summed E-state index contributed by atoms with van der Waals surface area (Å²) in [5.41, 5.74) is 4.98. The van der Waals surface area contributed by atoms with E-state index in [1.54, 1.807) is 11.0 Å². The number of nitrogens with one attached hydrogen (secondary N) is 2. The molecule has 4 aromatic carbocycles. The van der Waals surface area contributed by atoms with Crippen LogP contribution in [0.4, 0.5) is 19.7 Å². The number of aliphatic imine (C=N–C) groups is 1. The number of fused-ring (bicyclic) bond motifs is 6. The van der Waals surface area contributed by atoms with E-state index in [9.17, 15) is 14.4 Å². The molecule has 3 atom stereocenters. The predicted octanol–water partition coefficient (Wildman–Crippen LogP) is 8.75. The second-order valence-corrected chi connectivity index (χ2v) is 16.3. The number of ether oxygens (including phenoxy) is 2. The maximum atomic E-state index is 16.5. The van der Waals surface area contributed by atoms with Crippen molar-refractivity contribution in [3.05, 3.63) is 71.8 Å². The van der Waals surface area contributed by atoms with Crippen molar-refractivity contribution in [1.29, 1.82) is 0 Å².